The minimum atomic E-state index is 0. The van der Waals surface area contributed by atoms with E-state index in [0.717, 1.165) is 61.6 Å². The first kappa shape index (κ1) is 26.2. The predicted molar refractivity (Wildman–Crippen MR) is 152 cm³/mol. The number of fused-ring (bicyclic) bond motifs is 3. The molecule has 0 spiro atoms. The van der Waals surface area contributed by atoms with Gasteiger partial charge in [-0.2, -0.15) is 0 Å². The van der Waals surface area contributed by atoms with Crippen LogP contribution in [0.2, 0.25) is 0 Å². The van der Waals surface area contributed by atoms with Gasteiger partial charge in [0, 0.05) is 38.0 Å². The molecule has 0 aliphatic heterocycles. The molecule has 0 fully saturated rings. The van der Waals surface area contributed by atoms with Crippen LogP contribution in [-0.2, 0) is 33.9 Å². The number of phenolic OH excluding ortho intramolecular Hbond substituents is 1. The molecule has 6 rings (SSSR count). The third-order valence-electron chi connectivity index (χ3n) is 6.67. The molecule has 6 heteroatoms. The van der Waals surface area contributed by atoms with Gasteiger partial charge in [0.15, 0.2) is 0 Å². The van der Waals surface area contributed by atoms with Gasteiger partial charge in [-0.15, -0.1) is 29.8 Å². The number of benzene rings is 3. The van der Waals surface area contributed by atoms with E-state index in [-0.39, 0.29) is 26.8 Å². The SMILES string of the molecule is CCc1ccc2c(c1)c1cc(CC)c(-c3[c-]c(Sc4ccccn4)ccc3)nc1n2-c1ccccc1O.[Pt]. The summed E-state index contributed by atoms with van der Waals surface area (Å²) in [5.74, 6) is 0.226. The third-order valence-corrected chi connectivity index (χ3v) is 7.58. The third kappa shape index (κ3) is 4.77. The Morgan fingerprint density at radius 2 is 1.71 bits per heavy atom. The Morgan fingerprint density at radius 1 is 0.868 bits per heavy atom. The van der Waals surface area contributed by atoms with Crippen LogP contribution >= 0.6 is 11.8 Å². The summed E-state index contributed by atoms with van der Waals surface area (Å²) in [5, 5.41) is 14.0. The second kappa shape index (κ2) is 11.1. The van der Waals surface area contributed by atoms with Gasteiger partial charge in [-0.3, -0.25) is 9.55 Å². The quantitative estimate of drug-likeness (QED) is 0.180. The molecule has 38 heavy (non-hydrogen) atoms. The molecule has 0 unspecified atom stereocenters. The van der Waals surface area contributed by atoms with Crippen molar-refractivity contribution in [3.8, 4) is 22.7 Å². The largest absolute Gasteiger partial charge is 0.506 e. The van der Waals surface area contributed by atoms with Gasteiger partial charge >= 0.3 is 0 Å². The Balaban J connectivity index is 0.00000294. The van der Waals surface area contributed by atoms with Crippen LogP contribution in [-0.4, -0.2) is 19.6 Å². The van der Waals surface area contributed by atoms with E-state index in [2.05, 4.69) is 71.9 Å². The number of phenols is 1. The number of para-hydroxylation sites is 2. The van der Waals surface area contributed by atoms with Gasteiger partial charge in [-0.25, -0.2) is 4.98 Å². The second-order valence-electron chi connectivity index (χ2n) is 8.95. The summed E-state index contributed by atoms with van der Waals surface area (Å²) in [6, 6.07) is 31.9. The number of rotatable bonds is 6. The van der Waals surface area contributed by atoms with E-state index in [0.29, 0.717) is 0 Å². The van der Waals surface area contributed by atoms with Crippen molar-refractivity contribution < 1.29 is 26.2 Å². The first-order valence-electron chi connectivity index (χ1n) is 12.5. The van der Waals surface area contributed by atoms with E-state index in [4.69, 9.17) is 4.98 Å². The zero-order valence-corrected chi connectivity index (χ0v) is 24.2. The molecule has 6 aromatic rings. The van der Waals surface area contributed by atoms with Crippen molar-refractivity contribution in [2.45, 2.75) is 36.6 Å². The minimum absolute atomic E-state index is 0. The van der Waals surface area contributed by atoms with Gasteiger partial charge in [-0.05, 0) is 60.5 Å². The molecule has 0 aliphatic rings. The van der Waals surface area contributed by atoms with Crippen molar-refractivity contribution in [2.75, 3.05) is 0 Å². The first-order chi connectivity index (χ1) is 18.2. The van der Waals surface area contributed by atoms with Crippen LogP contribution in [0.5, 0.6) is 5.75 Å². The van der Waals surface area contributed by atoms with Crippen molar-refractivity contribution in [1.82, 2.24) is 14.5 Å². The van der Waals surface area contributed by atoms with Gasteiger partial charge in [0.25, 0.3) is 0 Å². The molecular weight excluding hydrogens is 670 g/mol. The average Bonchev–Trinajstić information content (AvgIpc) is 3.25. The van der Waals surface area contributed by atoms with Gasteiger partial charge in [0.2, 0.25) is 0 Å². The van der Waals surface area contributed by atoms with E-state index >= 15 is 0 Å². The fraction of sp³-hybridized carbons (Fsp3) is 0.125. The predicted octanol–water partition coefficient (Wildman–Crippen LogP) is 8.02. The van der Waals surface area contributed by atoms with Crippen LogP contribution in [0, 0.1) is 6.07 Å². The summed E-state index contributed by atoms with van der Waals surface area (Å²) < 4.78 is 2.08. The average molecular weight is 696 g/mol. The zero-order chi connectivity index (χ0) is 25.4. The first-order valence-corrected chi connectivity index (χ1v) is 13.3. The molecule has 3 aromatic heterocycles. The topological polar surface area (TPSA) is 50.9 Å². The molecule has 0 saturated carbocycles. The normalized spacial score (nSPS) is 11.1. The molecule has 192 valence electrons. The Kier molecular flexibility index (Phi) is 7.69. The number of hydrogen-bond donors (Lipinski definition) is 1. The van der Waals surface area contributed by atoms with Crippen molar-refractivity contribution in [3.05, 3.63) is 108 Å². The number of hydrogen-bond acceptors (Lipinski definition) is 4. The Morgan fingerprint density at radius 3 is 2.47 bits per heavy atom. The van der Waals surface area contributed by atoms with Crippen LogP contribution in [0.3, 0.4) is 0 Å². The Labute approximate surface area is 241 Å². The van der Waals surface area contributed by atoms with Gasteiger partial charge in [0.1, 0.15) is 11.4 Å². The van der Waals surface area contributed by atoms with Crippen LogP contribution in [0.25, 0.3) is 38.9 Å². The number of aromatic nitrogens is 3. The monoisotopic (exact) mass is 695 g/mol. The Bertz CT molecular complexity index is 1750. The van der Waals surface area contributed by atoms with Crippen molar-refractivity contribution in [3.63, 3.8) is 0 Å². The van der Waals surface area contributed by atoms with Crippen LogP contribution < -0.4 is 0 Å². The van der Waals surface area contributed by atoms with Crippen LogP contribution in [0.4, 0.5) is 0 Å². The van der Waals surface area contributed by atoms with Gasteiger partial charge in [0.05, 0.1) is 16.2 Å². The summed E-state index contributed by atoms with van der Waals surface area (Å²) in [4.78, 5) is 10.7. The zero-order valence-electron chi connectivity index (χ0n) is 21.1. The molecule has 0 bridgehead atoms. The standard InChI is InChI=1S/C32H26N3OS.Pt/c1-3-21-15-16-27-25(18-21)26-20-22(4-2)31(34-32(26)35(27)28-12-5-6-13-29(28)36)23-10-9-11-24(19-23)37-30-14-7-8-17-33-30;/h5-18,20,36H,3-4H2,1-2H3;/q-1;. The smallest absolute Gasteiger partial charge is 0.139 e. The van der Waals surface area contributed by atoms with Crippen LogP contribution in [0.15, 0.2) is 101 Å². The second-order valence-corrected chi connectivity index (χ2v) is 10.0. The van der Waals surface area contributed by atoms with E-state index < -0.39 is 0 Å². The summed E-state index contributed by atoms with van der Waals surface area (Å²) >= 11 is 1.59. The summed E-state index contributed by atoms with van der Waals surface area (Å²) in [7, 11) is 0. The van der Waals surface area contributed by atoms with E-state index in [1.165, 1.54) is 11.1 Å². The minimum Gasteiger partial charge on any atom is -0.506 e. The van der Waals surface area contributed by atoms with Gasteiger partial charge < -0.3 is 5.11 Å². The molecule has 0 amide bonds. The number of aryl methyl sites for hydroxylation is 2. The molecule has 0 saturated heterocycles. The van der Waals surface area contributed by atoms with Gasteiger partial charge in [-0.1, -0.05) is 66.4 Å². The molecular formula is C32H26N3OPtS-. The fourth-order valence-electron chi connectivity index (χ4n) is 4.81. The molecule has 0 atom stereocenters. The number of pyridine rings is 2. The maximum absolute atomic E-state index is 10.8. The summed E-state index contributed by atoms with van der Waals surface area (Å²) in [6.45, 7) is 4.33. The molecule has 0 aliphatic carbocycles. The maximum atomic E-state index is 10.8. The molecule has 3 aromatic carbocycles. The fourth-order valence-corrected chi connectivity index (χ4v) is 5.60. The molecule has 3 heterocycles. The number of aromatic hydroxyl groups is 1. The van der Waals surface area contributed by atoms with E-state index in [9.17, 15) is 5.11 Å². The van der Waals surface area contributed by atoms with Crippen molar-refractivity contribution >= 4 is 33.7 Å². The van der Waals surface area contributed by atoms with E-state index in [1.54, 1.807) is 24.0 Å². The van der Waals surface area contributed by atoms with Crippen molar-refractivity contribution in [1.29, 1.82) is 0 Å². The molecule has 0 radical (unpaired) electrons. The number of nitrogens with zero attached hydrogens (tertiary/aromatic N) is 3. The maximum Gasteiger partial charge on any atom is 0.139 e. The summed E-state index contributed by atoms with van der Waals surface area (Å²) in [6.07, 6.45) is 3.61. The van der Waals surface area contributed by atoms with Crippen LogP contribution in [0.1, 0.15) is 25.0 Å². The Hall–Kier alpha value is -3.40. The molecule has 4 nitrogen and oxygen atoms in total. The summed E-state index contributed by atoms with van der Waals surface area (Å²) in [5.41, 5.74) is 6.88. The van der Waals surface area contributed by atoms with Crippen molar-refractivity contribution in [2.24, 2.45) is 0 Å². The molecule has 1 N–H and O–H groups in total. The van der Waals surface area contributed by atoms with E-state index in [1.807, 2.05) is 36.4 Å².